The van der Waals surface area contributed by atoms with Crippen molar-refractivity contribution in [1.82, 2.24) is 0 Å². The first kappa shape index (κ1) is 23.1. The number of rotatable bonds is 5. The molecule has 4 aliphatic rings. The molecule has 2 aromatic carbocycles. The second kappa shape index (κ2) is 10.2. The summed E-state index contributed by atoms with van der Waals surface area (Å²) in [5, 5.41) is 9.14. The molecule has 0 radical (unpaired) electrons. The SMILES string of the molecule is C=C(C)C(=O)OC12CC3CC(CC(C3)C1)C2.Oc1ccc(C=CC=Cc2ccccc2)cc1. The highest BCUT2D eigenvalue weighted by molar-refractivity contribution is 5.87. The van der Waals surface area contributed by atoms with Gasteiger partial charge in [-0.1, -0.05) is 73.3 Å². The Hall–Kier alpha value is -3.07. The van der Waals surface area contributed by atoms with Crippen LogP contribution < -0.4 is 0 Å². The smallest absolute Gasteiger partial charge is 0.333 e. The molecule has 6 rings (SSSR count). The van der Waals surface area contributed by atoms with E-state index in [0.717, 1.165) is 42.6 Å². The molecule has 2 aromatic rings. The lowest BCUT2D eigenvalue weighted by atomic mass is 9.54. The van der Waals surface area contributed by atoms with Crippen LogP contribution in [0.1, 0.15) is 56.6 Å². The molecule has 0 aromatic heterocycles. The summed E-state index contributed by atoms with van der Waals surface area (Å²) < 4.78 is 5.77. The summed E-state index contributed by atoms with van der Waals surface area (Å²) in [5.74, 6) is 2.58. The molecule has 0 aliphatic heterocycles. The fourth-order valence-corrected chi connectivity index (χ4v) is 5.92. The molecule has 3 nitrogen and oxygen atoms in total. The topological polar surface area (TPSA) is 46.5 Å². The molecular weight excluding hydrogens is 408 g/mol. The lowest BCUT2D eigenvalue weighted by molar-refractivity contribution is -0.182. The van der Waals surface area contributed by atoms with Gasteiger partial charge in [0.2, 0.25) is 0 Å². The first-order chi connectivity index (χ1) is 15.9. The summed E-state index contributed by atoms with van der Waals surface area (Å²) in [6.45, 7) is 5.42. The Morgan fingerprint density at radius 2 is 1.36 bits per heavy atom. The van der Waals surface area contributed by atoms with E-state index in [1.54, 1.807) is 19.1 Å². The number of hydrogen-bond acceptors (Lipinski definition) is 3. The predicted octanol–water partition coefficient (Wildman–Crippen LogP) is 7.19. The van der Waals surface area contributed by atoms with Gasteiger partial charge in [0.1, 0.15) is 11.4 Å². The molecule has 0 heterocycles. The van der Waals surface area contributed by atoms with Crippen molar-refractivity contribution in [3.05, 3.63) is 90.0 Å². The van der Waals surface area contributed by atoms with Crippen LogP contribution in [0.5, 0.6) is 5.75 Å². The molecule has 172 valence electrons. The maximum Gasteiger partial charge on any atom is 0.333 e. The van der Waals surface area contributed by atoms with E-state index in [0.29, 0.717) is 11.3 Å². The molecule has 0 unspecified atom stereocenters. The van der Waals surface area contributed by atoms with Crippen LogP contribution in [0.4, 0.5) is 0 Å². The highest BCUT2D eigenvalue weighted by Gasteiger charge is 2.53. The third kappa shape index (κ3) is 6.25. The maximum absolute atomic E-state index is 11.7. The zero-order valence-electron chi connectivity index (χ0n) is 19.5. The predicted molar refractivity (Wildman–Crippen MR) is 134 cm³/mol. The minimum Gasteiger partial charge on any atom is -0.508 e. The minimum absolute atomic E-state index is 0.106. The normalized spacial score (nSPS) is 27.4. The van der Waals surface area contributed by atoms with Gasteiger partial charge in [-0.2, -0.15) is 0 Å². The fourth-order valence-electron chi connectivity index (χ4n) is 5.92. The number of esters is 1. The van der Waals surface area contributed by atoms with E-state index in [9.17, 15) is 4.79 Å². The summed E-state index contributed by atoms with van der Waals surface area (Å²) in [7, 11) is 0. The van der Waals surface area contributed by atoms with Crippen molar-refractivity contribution in [3.63, 3.8) is 0 Å². The van der Waals surface area contributed by atoms with Gasteiger partial charge in [0, 0.05) is 5.57 Å². The van der Waals surface area contributed by atoms with Gasteiger partial charge < -0.3 is 9.84 Å². The molecule has 1 N–H and O–H groups in total. The molecule has 0 spiro atoms. The van der Waals surface area contributed by atoms with Crippen LogP contribution >= 0.6 is 0 Å². The average molecular weight is 443 g/mol. The van der Waals surface area contributed by atoms with Gasteiger partial charge in [0.25, 0.3) is 0 Å². The van der Waals surface area contributed by atoms with Crippen molar-refractivity contribution in [2.45, 2.75) is 51.0 Å². The Labute approximate surface area is 197 Å². The van der Waals surface area contributed by atoms with E-state index in [1.807, 2.05) is 48.6 Å². The Kier molecular flexibility index (Phi) is 7.17. The Bertz CT molecular complexity index is 979. The number of phenols is 1. The van der Waals surface area contributed by atoms with Gasteiger partial charge in [-0.05, 0) is 86.5 Å². The van der Waals surface area contributed by atoms with E-state index in [2.05, 4.69) is 24.8 Å². The van der Waals surface area contributed by atoms with Gasteiger partial charge >= 0.3 is 5.97 Å². The molecular formula is C30H34O3. The molecule has 3 heteroatoms. The molecule has 33 heavy (non-hydrogen) atoms. The third-order valence-electron chi connectivity index (χ3n) is 7.02. The van der Waals surface area contributed by atoms with Gasteiger partial charge in [-0.15, -0.1) is 0 Å². The first-order valence-electron chi connectivity index (χ1n) is 12.0. The molecule has 4 fully saturated rings. The first-order valence-corrected chi connectivity index (χ1v) is 12.0. The van der Waals surface area contributed by atoms with E-state index in [-0.39, 0.29) is 11.6 Å². The van der Waals surface area contributed by atoms with Gasteiger partial charge in [-0.25, -0.2) is 4.79 Å². The highest BCUT2D eigenvalue weighted by atomic mass is 16.6. The highest BCUT2D eigenvalue weighted by Crippen LogP contribution is 2.57. The molecule has 4 aliphatic carbocycles. The quantitative estimate of drug-likeness (QED) is 0.303. The number of carbonyl (C=O) groups excluding carboxylic acids is 1. The van der Waals surface area contributed by atoms with Crippen LogP contribution in [0.25, 0.3) is 12.2 Å². The fraction of sp³-hybridized carbons (Fsp3) is 0.367. The third-order valence-corrected chi connectivity index (χ3v) is 7.02. The van der Waals surface area contributed by atoms with Crippen molar-refractivity contribution in [2.75, 3.05) is 0 Å². The number of ether oxygens (including phenoxy) is 1. The van der Waals surface area contributed by atoms with Gasteiger partial charge in [0.15, 0.2) is 0 Å². The Morgan fingerprint density at radius 3 is 1.85 bits per heavy atom. The van der Waals surface area contributed by atoms with Crippen LogP contribution in [0.2, 0.25) is 0 Å². The van der Waals surface area contributed by atoms with Crippen LogP contribution in [0.3, 0.4) is 0 Å². The molecule has 4 saturated carbocycles. The van der Waals surface area contributed by atoms with Crippen molar-refractivity contribution in [3.8, 4) is 5.75 Å². The van der Waals surface area contributed by atoms with Crippen LogP contribution in [0.15, 0.2) is 78.9 Å². The number of carbonyl (C=O) groups is 1. The monoisotopic (exact) mass is 442 g/mol. The number of phenolic OH excluding ortho intramolecular Hbond substituents is 1. The van der Waals surface area contributed by atoms with Crippen molar-refractivity contribution < 1.29 is 14.6 Å². The largest absolute Gasteiger partial charge is 0.508 e. The van der Waals surface area contributed by atoms with Crippen LogP contribution in [-0.4, -0.2) is 16.7 Å². The number of benzene rings is 2. The second-order valence-corrected chi connectivity index (χ2v) is 9.99. The lowest BCUT2D eigenvalue weighted by Gasteiger charge is -2.55. The summed E-state index contributed by atoms with van der Waals surface area (Å²) in [6.07, 6.45) is 15.5. The molecule has 0 saturated heterocycles. The molecule has 0 atom stereocenters. The Morgan fingerprint density at radius 1 is 0.879 bits per heavy atom. The summed E-state index contributed by atoms with van der Waals surface area (Å²) in [5.41, 5.74) is 2.68. The zero-order chi connectivity index (χ0) is 23.3. The van der Waals surface area contributed by atoms with E-state index in [4.69, 9.17) is 9.84 Å². The molecule has 4 bridgehead atoms. The standard InChI is InChI=1S/C16H14O.C14H20O2/c17-16-12-10-15(11-13-16)9-5-4-8-14-6-2-1-3-7-14;1-9(2)13(15)16-14-6-10-3-11(7-14)5-12(4-10)8-14/h1-13,17H;10-12H,1,3-8H2,2H3. The number of aromatic hydroxyl groups is 1. The van der Waals surface area contributed by atoms with Crippen molar-refractivity contribution >= 4 is 18.1 Å². The van der Waals surface area contributed by atoms with E-state index in [1.165, 1.54) is 24.8 Å². The van der Waals surface area contributed by atoms with Crippen molar-refractivity contribution in [1.29, 1.82) is 0 Å². The molecule has 0 amide bonds. The number of hydrogen-bond donors (Lipinski definition) is 1. The van der Waals surface area contributed by atoms with E-state index >= 15 is 0 Å². The van der Waals surface area contributed by atoms with Crippen molar-refractivity contribution in [2.24, 2.45) is 17.8 Å². The summed E-state index contributed by atoms with van der Waals surface area (Å²) >= 11 is 0. The van der Waals surface area contributed by atoms with Crippen LogP contribution in [-0.2, 0) is 9.53 Å². The zero-order valence-corrected chi connectivity index (χ0v) is 19.5. The van der Waals surface area contributed by atoms with E-state index < -0.39 is 0 Å². The minimum atomic E-state index is -0.179. The number of allylic oxidation sites excluding steroid dienone is 2. The summed E-state index contributed by atoms with van der Waals surface area (Å²) in [4.78, 5) is 11.7. The summed E-state index contributed by atoms with van der Waals surface area (Å²) in [6, 6.07) is 17.3. The second-order valence-electron chi connectivity index (χ2n) is 9.99. The van der Waals surface area contributed by atoms with Gasteiger partial charge in [0.05, 0.1) is 0 Å². The Balaban J connectivity index is 0.000000157. The van der Waals surface area contributed by atoms with Crippen LogP contribution in [0, 0.1) is 17.8 Å². The lowest BCUT2D eigenvalue weighted by Crippen LogP contribution is -2.52. The maximum atomic E-state index is 11.7. The average Bonchev–Trinajstić information content (AvgIpc) is 2.78. The van der Waals surface area contributed by atoms with Gasteiger partial charge in [-0.3, -0.25) is 0 Å².